The summed E-state index contributed by atoms with van der Waals surface area (Å²) in [6.45, 7) is 3.51. The van der Waals surface area contributed by atoms with Crippen molar-refractivity contribution in [3.8, 4) is 28.6 Å². The van der Waals surface area contributed by atoms with Crippen LogP contribution in [0.4, 0.5) is 9.59 Å². The van der Waals surface area contributed by atoms with Crippen molar-refractivity contribution >= 4 is 23.2 Å². The number of carbonyl (C=O) groups excluding carboxylic acids is 2. The number of phenolic OH excluding ortho intramolecular Hbond substituents is 1. The maximum atomic E-state index is 12.7. The number of rotatable bonds is 3. The van der Waals surface area contributed by atoms with Crippen LogP contribution in [0.25, 0.3) is 22.3 Å². The molecule has 0 atom stereocenters. The number of amides is 2. The molecule has 0 aliphatic carbocycles. The van der Waals surface area contributed by atoms with Crippen molar-refractivity contribution in [2.24, 2.45) is 0 Å². The first-order chi connectivity index (χ1) is 17.5. The van der Waals surface area contributed by atoms with Crippen LogP contribution in [-0.2, 0) is 9.47 Å². The molecule has 11 nitrogen and oxygen atoms in total. The summed E-state index contributed by atoms with van der Waals surface area (Å²) in [5.74, 6) is 0.257. The lowest BCUT2D eigenvalue weighted by atomic mass is 10.1. The average molecular weight is 496 g/mol. The zero-order valence-corrected chi connectivity index (χ0v) is 19.3. The lowest BCUT2D eigenvalue weighted by molar-refractivity contribution is 0.0415. The third-order valence-corrected chi connectivity index (χ3v) is 5.87. The Kier molecular flexibility index (Phi) is 6.74. The SMILES string of the molecule is O=C(Oc1ccc(-c2cc(=O)c3c(O)cc(OC(=O)N4CCOCC4)cc3o2)cc1)N1CCOCC1. The largest absolute Gasteiger partial charge is 0.507 e. The minimum Gasteiger partial charge on any atom is -0.507 e. The van der Waals surface area contributed by atoms with Crippen molar-refractivity contribution in [1.29, 1.82) is 0 Å². The van der Waals surface area contributed by atoms with E-state index >= 15 is 0 Å². The van der Waals surface area contributed by atoms with Crippen molar-refractivity contribution in [2.45, 2.75) is 0 Å². The smallest absolute Gasteiger partial charge is 0.415 e. The molecule has 3 aromatic rings. The van der Waals surface area contributed by atoms with E-state index in [9.17, 15) is 19.5 Å². The number of ether oxygens (including phenoxy) is 4. The third-order valence-electron chi connectivity index (χ3n) is 5.87. The highest BCUT2D eigenvalue weighted by Crippen LogP contribution is 2.32. The molecule has 2 fully saturated rings. The fraction of sp³-hybridized carbons (Fsp3) is 0.320. The number of phenols is 1. The maximum absolute atomic E-state index is 12.7. The molecule has 2 amide bonds. The summed E-state index contributed by atoms with van der Waals surface area (Å²) in [7, 11) is 0. The van der Waals surface area contributed by atoms with Crippen LogP contribution in [0.1, 0.15) is 0 Å². The highest BCUT2D eigenvalue weighted by Gasteiger charge is 2.21. The Hall–Kier alpha value is -4.09. The van der Waals surface area contributed by atoms with E-state index < -0.39 is 17.6 Å². The van der Waals surface area contributed by atoms with E-state index in [2.05, 4.69) is 0 Å². The molecule has 0 radical (unpaired) electrons. The number of morpholine rings is 2. The summed E-state index contributed by atoms with van der Waals surface area (Å²) >= 11 is 0. The molecule has 0 bridgehead atoms. The normalized spacial score (nSPS) is 16.1. The number of carbonyl (C=O) groups is 2. The van der Waals surface area contributed by atoms with Gasteiger partial charge in [-0.3, -0.25) is 4.79 Å². The number of hydrogen-bond donors (Lipinski definition) is 1. The van der Waals surface area contributed by atoms with Gasteiger partial charge in [0, 0.05) is 49.9 Å². The first kappa shape index (κ1) is 23.6. The van der Waals surface area contributed by atoms with Gasteiger partial charge in [0.05, 0.1) is 26.4 Å². The predicted octanol–water partition coefficient (Wildman–Crippen LogP) is 2.83. The lowest BCUT2D eigenvalue weighted by Crippen LogP contribution is -2.42. The first-order valence-electron chi connectivity index (χ1n) is 11.5. The molecule has 5 rings (SSSR count). The van der Waals surface area contributed by atoms with Crippen molar-refractivity contribution < 1.29 is 38.1 Å². The highest BCUT2D eigenvalue weighted by molar-refractivity contribution is 5.87. The van der Waals surface area contributed by atoms with Gasteiger partial charge < -0.3 is 38.3 Å². The molecular formula is C25H24N2O9. The highest BCUT2D eigenvalue weighted by atomic mass is 16.6. The fourth-order valence-corrected chi connectivity index (χ4v) is 3.95. The molecule has 2 aliphatic heterocycles. The average Bonchev–Trinajstić information content (AvgIpc) is 2.89. The van der Waals surface area contributed by atoms with Crippen LogP contribution in [0.2, 0.25) is 0 Å². The van der Waals surface area contributed by atoms with Crippen LogP contribution in [0.15, 0.2) is 51.7 Å². The van der Waals surface area contributed by atoms with Gasteiger partial charge in [-0.1, -0.05) is 0 Å². The van der Waals surface area contributed by atoms with E-state index in [1.54, 1.807) is 29.2 Å². The van der Waals surface area contributed by atoms with E-state index in [0.29, 0.717) is 63.9 Å². The Labute approximate surface area is 205 Å². The molecule has 2 aromatic carbocycles. The second-order valence-corrected chi connectivity index (χ2v) is 8.25. The lowest BCUT2D eigenvalue weighted by Gasteiger charge is -2.25. The van der Waals surface area contributed by atoms with Gasteiger partial charge in [0.25, 0.3) is 0 Å². The van der Waals surface area contributed by atoms with E-state index in [1.165, 1.54) is 23.1 Å². The Bertz CT molecular complexity index is 1320. The summed E-state index contributed by atoms with van der Waals surface area (Å²) in [6.07, 6.45) is -1.05. The molecule has 11 heteroatoms. The summed E-state index contributed by atoms with van der Waals surface area (Å²) in [5, 5.41) is 10.4. The van der Waals surface area contributed by atoms with E-state index in [4.69, 9.17) is 23.4 Å². The van der Waals surface area contributed by atoms with Gasteiger partial charge in [0.2, 0.25) is 0 Å². The van der Waals surface area contributed by atoms with Gasteiger partial charge in [0.1, 0.15) is 34.0 Å². The Morgan fingerprint density at radius 3 is 1.92 bits per heavy atom. The second-order valence-electron chi connectivity index (χ2n) is 8.25. The minimum absolute atomic E-state index is 0.0269. The predicted molar refractivity (Wildman–Crippen MR) is 126 cm³/mol. The van der Waals surface area contributed by atoms with Crippen molar-refractivity contribution in [2.75, 3.05) is 52.6 Å². The first-order valence-corrected chi connectivity index (χ1v) is 11.5. The van der Waals surface area contributed by atoms with Crippen LogP contribution in [0, 0.1) is 0 Å². The Morgan fingerprint density at radius 1 is 0.778 bits per heavy atom. The van der Waals surface area contributed by atoms with Gasteiger partial charge >= 0.3 is 12.2 Å². The van der Waals surface area contributed by atoms with Gasteiger partial charge in [-0.25, -0.2) is 9.59 Å². The van der Waals surface area contributed by atoms with Gasteiger partial charge in [0.15, 0.2) is 5.43 Å². The molecular weight excluding hydrogens is 472 g/mol. The van der Waals surface area contributed by atoms with Crippen molar-refractivity contribution in [1.82, 2.24) is 9.80 Å². The molecule has 0 unspecified atom stereocenters. The number of fused-ring (bicyclic) bond motifs is 1. The van der Waals surface area contributed by atoms with Crippen LogP contribution < -0.4 is 14.9 Å². The maximum Gasteiger partial charge on any atom is 0.415 e. The number of aromatic hydroxyl groups is 1. The Balaban J connectivity index is 1.36. The zero-order chi connectivity index (χ0) is 25.1. The molecule has 36 heavy (non-hydrogen) atoms. The molecule has 2 saturated heterocycles. The van der Waals surface area contributed by atoms with Crippen LogP contribution >= 0.6 is 0 Å². The summed E-state index contributed by atoms with van der Waals surface area (Å²) in [6, 6.07) is 10.3. The quantitative estimate of drug-likeness (QED) is 0.582. The van der Waals surface area contributed by atoms with Crippen LogP contribution in [0.3, 0.4) is 0 Å². The molecule has 1 N–H and O–H groups in total. The van der Waals surface area contributed by atoms with Crippen molar-refractivity contribution in [3.05, 3.63) is 52.7 Å². The molecule has 188 valence electrons. The molecule has 2 aliphatic rings. The number of hydrogen-bond acceptors (Lipinski definition) is 9. The van der Waals surface area contributed by atoms with Gasteiger partial charge in [-0.15, -0.1) is 0 Å². The van der Waals surface area contributed by atoms with Crippen LogP contribution in [-0.4, -0.2) is 79.7 Å². The molecule has 0 saturated carbocycles. The zero-order valence-electron chi connectivity index (χ0n) is 19.3. The summed E-state index contributed by atoms with van der Waals surface area (Å²) in [4.78, 5) is 40.5. The summed E-state index contributed by atoms with van der Waals surface area (Å²) in [5.41, 5.74) is 0.151. The topological polar surface area (TPSA) is 128 Å². The standard InChI is InChI=1S/C25H24N2O9/c28-19-13-18(35-25(31)27-7-11-33-12-8-27)14-22-23(19)20(29)15-21(36-22)16-1-3-17(4-2-16)34-24(30)26-5-9-32-10-6-26/h1-4,13-15,28H,5-12H2. The van der Waals surface area contributed by atoms with E-state index in [-0.39, 0.29) is 28.2 Å². The van der Waals surface area contributed by atoms with Gasteiger partial charge in [-0.05, 0) is 24.3 Å². The minimum atomic E-state index is -0.585. The van der Waals surface area contributed by atoms with Gasteiger partial charge in [-0.2, -0.15) is 0 Å². The van der Waals surface area contributed by atoms with E-state index in [0.717, 1.165) is 0 Å². The third kappa shape index (κ3) is 5.11. The second kappa shape index (κ2) is 10.3. The summed E-state index contributed by atoms with van der Waals surface area (Å²) < 4.78 is 27.1. The van der Waals surface area contributed by atoms with Crippen molar-refractivity contribution in [3.63, 3.8) is 0 Å². The molecule has 0 spiro atoms. The molecule has 1 aromatic heterocycles. The fourth-order valence-electron chi connectivity index (χ4n) is 3.95. The monoisotopic (exact) mass is 496 g/mol. The van der Waals surface area contributed by atoms with E-state index in [1.807, 2.05) is 0 Å². The van der Waals surface area contributed by atoms with Crippen LogP contribution in [0.5, 0.6) is 17.2 Å². The number of benzene rings is 2. The number of nitrogens with zero attached hydrogens (tertiary/aromatic N) is 2. The Morgan fingerprint density at radius 2 is 1.33 bits per heavy atom. The molecule has 3 heterocycles.